The van der Waals surface area contributed by atoms with Crippen LogP contribution >= 0.6 is 15.9 Å². The Kier molecular flexibility index (Phi) is 3.43. The lowest BCUT2D eigenvalue weighted by Gasteiger charge is -2.11. The zero-order valence-corrected chi connectivity index (χ0v) is 7.86. The van der Waals surface area contributed by atoms with Crippen LogP contribution in [0, 0.1) is 0 Å². The third kappa shape index (κ3) is 2.10. The molecule has 1 aliphatic carbocycles. The lowest BCUT2D eigenvalue weighted by atomic mass is 10.2. The van der Waals surface area contributed by atoms with Crippen LogP contribution in [0.2, 0.25) is 0 Å². The highest BCUT2D eigenvalue weighted by Crippen LogP contribution is 2.24. The van der Waals surface area contributed by atoms with Crippen molar-refractivity contribution in [3.8, 4) is 0 Å². The van der Waals surface area contributed by atoms with E-state index in [0.29, 0.717) is 6.10 Å². The van der Waals surface area contributed by atoms with E-state index in [9.17, 15) is 0 Å². The molecule has 1 aliphatic rings. The van der Waals surface area contributed by atoms with Gasteiger partial charge in [0.05, 0.1) is 6.10 Å². The molecule has 1 atom stereocenters. The van der Waals surface area contributed by atoms with Crippen LogP contribution in [0.4, 0.5) is 0 Å². The van der Waals surface area contributed by atoms with Gasteiger partial charge in [0, 0.05) is 11.6 Å². The van der Waals surface area contributed by atoms with E-state index in [1.807, 2.05) is 0 Å². The highest BCUT2D eigenvalue weighted by Gasteiger charge is 2.12. The molecule has 58 valence electrons. The molecule has 0 amide bonds. The average molecular weight is 205 g/mol. The zero-order valence-electron chi connectivity index (χ0n) is 6.27. The summed E-state index contributed by atoms with van der Waals surface area (Å²) in [6.07, 6.45) is 7.48. The topological polar surface area (TPSA) is 9.23 Å². The molecular formula is C8H13BrO. The van der Waals surface area contributed by atoms with E-state index in [-0.39, 0.29) is 0 Å². The standard InChI is InChI=1S/C8H13BrO/c1-10-8-6-4-2-3-5-7(8)9/h5,8H,2-4,6H2,1H3. The molecule has 0 saturated carbocycles. The second-order valence-corrected chi connectivity index (χ2v) is 3.51. The fourth-order valence-electron chi connectivity index (χ4n) is 1.21. The third-order valence-corrected chi connectivity index (χ3v) is 2.69. The number of ether oxygens (including phenoxy) is 1. The summed E-state index contributed by atoms with van der Waals surface area (Å²) >= 11 is 3.50. The molecular weight excluding hydrogens is 192 g/mol. The molecule has 0 saturated heterocycles. The smallest absolute Gasteiger partial charge is 0.0882 e. The van der Waals surface area contributed by atoms with E-state index in [0.717, 1.165) is 6.42 Å². The van der Waals surface area contributed by atoms with Crippen molar-refractivity contribution in [1.29, 1.82) is 0 Å². The first kappa shape index (κ1) is 8.28. The Bertz CT molecular complexity index is 131. The van der Waals surface area contributed by atoms with Gasteiger partial charge in [-0.2, -0.15) is 0 Å². The summed E-state index contributed by atoms with van der Waals surface area (Å²) in [6, 6.07) is 0. The van der Waals surface area contributed by atoms with E-state index in [4.69, 9.17) is 4.74 Å². The fraction of sp³-hybridized carbons (Fsp3) is 0.750. The molecule has 10 heavy (non-hydrogen) atoms. The third-order valence-electron chi connectivity index (χ3n) is 1.85. The summed E-state index contributed by atoms with van der Waals surface area (Å²) in [5.74, 6) is 0. The molecule has 0 fully saturated rings. The van der Waals surface area contributed by atoms with Crippen molar-refractivity contribution >= 4 is 15.9 Å². The number of methoxy groups -OCH3 is 1. The van der Waals surface area contributed by atoms with Gasteiger partial charge in [-0.25, -0.2) is 0 Å². The second-order valence-electron chi connectivity index (χ2n) is 2.60. The molecule has 1 unspecified atom stereocenters. The van der Waals surface area contributed by atoms with E-state index < -0.39 is 0 Å². The molecule has 2 heteroatoms. The molecule has 1 rings (SSSR count). The van der Waals surface area contributed by atoms with Crippen LogP contribution in [0.5, 0.6) is 0 Å². The van der Waals surface area contributed by atoms with E-state index in [2.05, 4.69) is 22.0 Å². The van der Waals surface area contributed by atoms with E-state index in [1.54, 1.807) is 7.11 Å². The summed E-state index contributed by atoms with van der Waals surface area (Å²) in [7, 11) is 1.77. The summed E-state index contributed by atoms with van der Waals surface area (Å²) in [5.41, 5.74) is 0. The van der Waals surface area contributed by atoms with E-state index >= 15 is 0 Å². The highest BCUT2D eigenvalue weighted by molar-refractivity contribution is 9.11. The molecule has 0 aliphatic heterocycles. The number of hydrogen-bond acceptors (Lipinski definition) is 1. The second kappa shape index (κ2) is 4.14. The van der Waals surface area contributed by atoms with Crippen LogP contribution < -0.4 is 0 Å². The van der Waals surface area contributed by atoms with Crippen LogP contribution in [-0.4, -0.2) is 13.2 Å². The lowest BCUT2D eigenvalue weighted by molar-refractivity contribution is 0.130. The van der Waals surface area contributed by atoms with Crippen molar-refractivity contribution in [2.75, 3.05) is 7.11 Å². The predicted octanol–water partition coefficient (Wildman–Crippen LogP) is 2.85. The van der Waals surface area contributed by atoms with Crippen LogP contribution in [0.15, 0.2) is 10.6 Å². The van der Waals surface area contributed by atoms with Gasteiger partial charge >= 0.3 is 0 Å². The Hall–Kier alpha value is 0.180. The summed E-state index contributed by atoms with van der Waals surface area (Å²) in [5, 5.41) is 0. The van der Waals surface area contributed by atoms with Crippen LogP contribution in [0.25, 0.3) is 0 Å². The van der Waals surface area contributed by atoms with Gasteiger partial charge in [-0.15, -0.1) is 0 Å². The van der Waals surface area contributed by atoms with Gasteiger partial charge in [-0.3, -0.25) is 0 Å². The van der Waals surface area contributed by atoms with Crippen molar-refractivity contribution in [2.45, 2.75) is 31.8 Å². The molecule has 0 aromatic carbocycles. The normalized spacial score (nSPS) is 27.4. The minimum atomic E-state index is 0.322. The van der Waals surface area contributed by atoms with Crippen LogP contribution in [-0.2, 0) is 4.74 Å². The average Bonchev–Trinajstić information content (AvgIpc) is 2.13. The van der Waals surface area contributed by atoms with Gasteiger partial charge in [0.2, 0.25) is 0 Å². The highest BCUT2D eigenvalue weighted by atomic mass is 79.9. The lowest BCUT2D eigenvalue weighted by Crippen LogP contribution is -2.08. The van der Waals surface area contributed by atoms with Crippen LogP contribution in [0.1, 0.15) is 25.7 Å². The zero-order chi connectivity index (χ0) is 7.40. The Morgan fingerprint density at radius 1 is 1.60 bits per heavy atom. The maximum absolute atomic E-state index is 5.27. The monoisotopic (exact) mass is 204 g/mol. The molecule has 0 aromatic rings. The molecule has 0 spiro atoms. The fourth-order valence-corrected chi connectivity index (χ4v) is 1.86. The first-order chi connectivity index (χ1) is 4.84. The molecule has 0 bridgehead atoms. The first-order valence-electron chi connectivity index (χ1n) is 3.73. The van der Waals surface area contributed by atoms with Crippen molar-refractivity contribution in [2.24, 2.45) is 0 Å². The molecule has 0 heterocycles. The SMILES string of the molecule is COC1CCCCC=C1Br. The van der Waals surface area contributed by atoms with Gasteiger partial charge in [0.25, 0.3) is 0 Å². The summed E-state index contributed by atoms with van der Waals surface area (Å²) in [4.78, 5) is 0. The van der Waals surface area contributed by atoms with Gasteiger partial charge < -0.3 is 4.74 Å². The molecule has 0 aromatic heterocycles. The number of hydrogen-bond donors (Lipinski definition) is 0. The van der Waals surface area contributed by atoms with E-state index in [1.165, 1.54) is 23.7 Å². The number of rotatable bonds is 1. The molecule has 0 N–H and O–H groups in total. The Morgan fingerprint density at radius 2 is 2.40 bits per heavy atom. The van der Waals surface area contributed by atoms with Crippen molar-refractivity contribution in [1.82, 2.24) is 0 Å². The Labute approximate surface area is 70.6 Å². The number of halogens is 1. The van der Waals surface area contributed by atoms with Gasteiger partial charge in [-0.05, 0) is 19.3 Å². The van der Waals surface area contributed by atoms with Crippen molar-refractivity contribution in [3.63, 3.8) is 0 Å². The summed E-state index contributed by atoms with van der Waals surface area (Å²) < 4.78 is 6.50. The minimum absolute atomic E-state index is 0.322. The Morgan fingerprint density at radius 3 is 3.10 bits per heavy atom. The van der Waals surface area contributed by atoms with Crippen molar-refractivity contribution < 1.29 is 4.74 Å². The van der Waals surface area contributed by atoms with Crippen molar-refractivity contribution in [3.05, 3.63) is 10.6 Å². The molecule has 0 radical (unpaired) electrons. The number of allylic oxidation sites excluding steroid dienone is 1. The predicted molar refractivity (Wildman–Crippen MR) is 46.3 cm³/mol. The minimum Gasteiger partial charge on any atom is -0.376 e. The van der Waals surface area contributed by atoms with Gasteiger partial charge in [0.1, 0.15) is 0 Å². The van der Waals surface area contributed by atoms with Gasteiger partial charge in [-0.1, -0.05) is 28.4 Å². The van der Waals surface area contributed by atoms with Crippen LogP contribution in [0.3, 0.4) is 0 Å². The quantitative estimate of drug-likeness (QED) is 0.639. The maximum Gasteiger partial charge on any atom is 0.0882 e. The Balaban J connectivity index is 2.51. The maximum atomic E-state index is 5.27. The molecule has 1 nitrogen and oxygen atoms in total. The largest absolute Gasteiger partial charge is 0.376 e. The first-order valence-corrected chi connectivity index (χ1v) is 4.52. The summed E-state index contributed by atoms with van der Waals surface area (Å²) in [6.45, 7) is 0. The van der Waals surface area contributed by atoms with Gasteiger partial charge in [0.15, 0.2) is 0 Å².